The summed E-state index contributed by atoms with van der Waals surface area (Å²) in [6, 6.07) is 1.50. The van der Waals surface area contributed by atoms with E-state index in [-0.39, 0.29) is 24.0 Å². The fourth-order valence-electron chi connectivity index (χ4n) is 3.60. The summed E-state index contributed by atoms with van der Waals surface area (Å²) >= 11 is 0. The molecule has 7 heteroatoms. The summed E-state index contributed by atoms with van der Waals surface area (Å²) in [6.07, 6.45) is 2.62. The molecule has 21 heavy (non-hydrogen) atoms. The quantitative estimate of drug-likeness (QED) is 0.796. The molecule has 3 saturated heterocycles. The summed E-state index contributed by atoms with van der Waals surface area (Å²) in [5.41, 5.74) is 2.71. The molecule has 110 valence electrons. The third-order valence-corrected chi connectivity index (χ3v) is 4.60. The van der Waals surface area contributed by atoms with Crippen LogP contribution in [0.5, 0.6) is 0 Å². The van der Waals surface area contributed by atoms with Crippen LogP contribution in [0.1, 0.15) is 29.0 Å². The molecule has 3 aliphatic rings. The monoisotopic (exact) mass is 290 g/mol. The van der Waals surface area contributed by atoms with Gasteiger partial charge >= 0.3 is 0 Å². The lowest BCUT2D eigenvalue weighted by molar-refractivity contribution is -0.145. The zero-order valence-corrected chi connectivity index (χ0v) is 11.4. The predicted octanol–water partition coefficient (Wildman–Crippen LogP) is 0.395. The molecule has 1 N–H and O–H groups in total. The van der Waals surface area contributed by atoms with E-state index < -0.39 is 17.7 Å². The first-order valence-electron chi connectivity index (χ1n) is 6.96. The molecule has 4 rings (SSSR count). The van der Waals surface area contributed by atoms with Gasteiger partial charge in [0.1, 0.15) is 5.76 Å². The Morgan fingerprint density at radius 3 is 2.38 bits per heavy atom. The van der Waals surface area contributed by atoms with Crippen molar-refractivity contribution in [1.82, 2.24) is 10.4 Å². The summed E-state index contributed by atoms with van der Waals surface area (Å²) in [7, 11) is 0. The van der Waals surface area contributed by atoms with Gasteiger partial charge in [-0.05, 0) is 25.8 Å². The number of carbonyl (C=O) groups is 3. The van der Waals surface area contributed by atoms with E-state index in [0.29, 0.717) is 11.3 Å². The Balaban J connectivity index is 1.57. The van der Waals surface area contributed by atoms with Crippen molar-refractivity contribution in [1.29, 1.82) is 0 Å². The third-order valence-electron chi connectivity index (χ3n) is 4.60. The van der Waals surface area contributed by atoms with Crippen LogP contribution in [0, 0.1) is 18.8 Å². The molecule has 0 unspecified atom stereocenters. The van der Waals surface area contributed by atoms with Crippen molar-refractivity contribution in [2.45, 2.75) is 32.0 Å². The van der Waals surface area contributed by atoms with E-state index in [9.17, 15) is 14.4 Å². The van der Waals surface area contributed by atoms with Gasteiger partial charge in [-0.25, -0.2) is 0 Å². The SMILES string of the molecule is Cc1occc1C(=O)NN1C(=O)[C@H]2[C@H](C1=O)[C@H]1CC[C@H]2O1. The van der Waals surface area contributed by atoms with E-state index >= 15 is 0 Å². The van der Waals surface area contributed by atoms with Crippen molar-refractivity contribution < 1.29 is 23.5 Å². The Morgan fingerprint density at radius 2 is 1.86 bits per heavy atom. The highest BCUT2D eigenvalue weighted by molar-refractivity contribution is 6.08. The summed E-state index contributed by atoms with van der Waals surface area (Å²) < 4.78 is 10.7. The molecule has 4 heterocycles. The largest absolute Gasteiger partial charge is 0.469 e. The Kier molecular flexibility index (Phi) is 2.50. The summed E-state index contributed by atoms with van der Waals surface area (Å²) in [5.74, 6) is -1.70. The van der Waals surface area contributed by atoms with Crippen molar-refractivity contribution in [3.8, 4) is 0 Å². The first-order valence-corrected chi connectivity index (χ1v) is 6.96. The first kappa shape index (κ1) is 12.6. The molecule has 3 amide bonds. The number of ether oxygens (including phenoxy) is 1. The molecule has 2 bridgehead atoms. The van der Waals surface area contributed by atoms with Gasteiger partial charge < -0.3 is 9.15 Å². The second kappa shape index (κ2) is 4.17. The van der Waals surface area contributed by atoms with E-state index in [1.807, 2.05) is 0 Å². The van der Waals surface area contributed by atoms with Crippen molar-refractivity contribution in [3.05, 3.63) is 23.7 Å². The number of carbonyl (C=O) groups excluding carboxylic acids is 3. The Bertz CT molecular complexity index is 624. The minimum absolute atomic E-state index is 0.186. The summed E-state index contributed by atoms with van der Waals surface area (Å²) in [5, 5.41) is 0.859. The van der Waals surface area contributed by atoms with E-state index in [1.165, 1.54) is 12.3 Å². The van der Waals surface area contributed by atoms with Crippen LogP contribution in [0.2, 0.25) is 0 Å². The maximum Gasteiger partial charge on any atom is 0.273 e. The van der Waals surface area contributed by atoms with Crippen LogP contribution >= 0.6 is 0 Å². The fraction of sp³-hybridized carbons (Fsp3) is 0.500. The smallest absolute Gasteiger partial charge is 0.273 e. The maximum atomic E-state index is 12.4. The molecule has 1 aromatic rings. The number of hydrazine groups is 1. The van der Waals surface area contributed by atoms with E-state index in [4.69, 9.17) is 9.15 Å². The van der Waals surface area contributed by atoms with Gasteiger partial charge in [-0.2, -0.15) is 5.01 Å². The molecule has 7 nitrogen and oxygen atoms in total. The van der Waals surface area contributed by atoms with E-state index in [2.05, 4.69) is 5.43 Å². The van der Waals surface area contributed by atoms with Crippen LogP contribution in [0.4, 0.5) is 0 Å². The molecule has 3 fully saturated rings. The number of nitrogens with one attached hydrogen (secondary N) is 1. The standard InChI is InChI=1S/C14H14N2O5/c1-6-7(4-5-20-6)12(17)15-16-13(18)10-8-2-3-9(21-8)11(10)14(16)19/h4-5,8-11H,2-3H2,1H3,(H,15,17)/t8-,9-,10-,11-/m1/s1. The zero-order valence-electron chi connectivity index (χ0n) is 11.4. The lowest BCUT2D eigenvalue weighted by atomic mass is 9.81. The second-order valence-corrected chi connectivity index (χ2v) is 5.69. The Hall–Kier alpha value is -2.15. The normalized spacial score (nSPS) is 33.7. The van der Waals surface area contributed by atoms with Gasteiger partial charge in [0.2, 0.25) is 0 Å². The number of imide groups is 1. The van der Waals surface area contributed by atoms with E-state index in [1.54, 1.807) is 6.92 Å². The minimum Gasteiger partial charge on any atom is -0.469 e. The number of nitrogens with zero attached hydrogens (tertiary/aromatic N) is 1. The van der Waals surface area contributed by atoms with Gasteiger partial charge in [-0.1, -0.05) is 0 Å². The average molecular weight is 290 g/mol. The zero-order chi connectivity index (χ0) is 14.7. The summed E-state index contributed by atoms with van der Waals surface area (Å²) in [4.78, 5) is 36.9. The second-order valence-electron chi connectivity index (χ2n) is 5.69. The predicted molar refractivity (Wildman–Crippen MR) is 67.6 cm³/mol. The Labute approximate surface area is 120 Å². The molecule has 0 spiro atoms. The fourth-order valence-corrected chi connectivity index (χ4v) is 3.60. The van der Waals surface area contributed by atoms with Crippen molar-refractivity contribution in [2.75, 3.05) is 0 Å². The molecular weight excluding hydrogens is 276 g/mol. The minimum atomic E-state index is -0.517. The molecular formula is C14H14N2O5. The molecule has 1 aromatic heterocycles. The van der Waals surface area contributed by atoms with Gasteiger partial charge in [-0.15, -0.1) is 0 Å². The summed E-state index contributed by atoms with van der Waals surface area (Å²) in [6.45, 7) is 1.64. The van der Waals surface area contributed by atoms with Gasteiger partial charge in [0.15, 0.2) is 0 Å². The van der Waals surface area contributed by atoms with Crippen LogP contribution in [-0.4, -0.2) is 34.9 Å². The van der Waals surface area contributed by atoms with Gasteiger partial charge in [0, 0.05) is 0 Å². The lowest BCUT2D eigenvalue weighted by Crippen LogP contribution is -2.47. The number of aryl methyl sites for hydroxylation is 1. The van der Waals surface area contributed by atoms with Gasteiger partial charge in [0.05, 0.1) is 35.9 Å². The molecule has 0 radical (unpaired) electrons. The molecule has 4 atom stereocenters. The van der Waals surface area contributed by atoms with Crippen molar-refractivity contribution in [3.63, 3.8) is 0 Å². The average Bonchev–Trinajstić information content (AvgIpc) is 3.19. The number of rotatable bonds is 2. The van der Waals surface area contributed by atoms with Crippen LogP contribution < -0.4 is 5.43 Å². The lowest BCUT2D eigenvalue weighted by Gasteiger charge is -2.17. The van der Waals surface area contributed by atoms with Crippen LogP contribution in [0.3, 0.4) is 0 Å². The third kappa shape index (κ3) is 1.61. The number of amides is 3. The van der Waals surface area contributed by atoms with E-state index in [0.717, 1.165) is 17.9 Å². The van der Waals surface area contributed by atoms with Gasteiger partial charge in [0.25, 0.3) is 17.7 Å². The maximum absolute atomic E-state index is 12.4. The molecule has 0 saturated carbocycles. The Morgan fingerprint density at radius 1 is 1.24 bits per heavy atom. The topological polar surface area (TPSA) is 88.9 Å². The number of hydrogen-bond acceptors (Lipinski definition) is 5. The highest BCUT2D eigenvalue weighted by Crippen LogP contribution is 2.48. The highest BCUT2D eigenvalue weighted by Gasteiger charge is 2.62. The van der Waals surface area contributed by atoms with Crippen molar-refractivity contribution in [2.24, 2.45) is 11.8 Å². The molecule has 3 aliphatic heterocycles. The highest BCUT2D eigenvalue weighted by atomic mass is 16.5. The number of hydrogen-bond donors (Lipinski definition) is 1. The van der Waals surface area contributed by atoms with Crippen molar-refractivity contribution >= 4 is 17.7 Å². The first-order chi connectivity index (χ1) is 10.1. The molecule has 0 aromatic carbocycles. The van der Waals surface area contributed by atoms with Gasteiger partial charge in [-0.3, -0.25) is 19.8 Å². The number of fused-ring (bicyclic) bond motifs is 5. The van der Waals surface area contributed by atoms with Crippen LogP contribution in [0.25, 0.3) is 0 Å². The van der Waals surface area contributed by atoms with Crippen LogP contribution in [0.15, 0.2) is 16.7 Å². The molecule has 0 aliphatic carbocycles. The van der Waals surface area contributed by atoms with Crippen LogP contribution in [-0.2, 0) is 14.3 Å². The number of furan rings is 1.